The number of carbonyl (C=O) groups excluding carboxylic acids is 5. The molecule has 2 aromatic rings. The van der Waals surface area contributed by atoms with Crippen LogP contribution < -0.4 is 38.1 Å². The first-order valence-electron chi connectivity index (χ1n) is 15.2. The first-order valence-corrected chi connectivity index (χ1v) is 15.2. The predicted octanol–water partition coefficient (Wildman–Crippen LogP) is -0.00790. The van der Waals surface area contributed by atoms with Gasteiger partial charge in [-0.15, -0.1) is 0 Å². The molecule has 2 rings (SSSR count). The number of nitro groups is 1. The summed E-state index contributed by atoms with van der Waals surface area (Å²) in [6.45, 7) is 3.07. The highest BCUT2D eigenvalue weighted by Crippen LogP contribution is 2.16. The summed E-state index contributed by atoms with van der Waals surface area (Å²) in [5.41, 5.74) is 11.0. The molecule has 18 nitrogen and oxygen atoms in total. The molecular formula is C31H41N9O9. The maximum atomic E-state index is 13.2. The van der Waals surface area contributed by atoms with Gasteiger partial charge in [0.05, 0.1) is 17.9 Å². The second-order valence-electron chi connectivity index (χ2n) is 11.3. The number of hydrogen-bond acceptors (Lipinski definition) is 9. The van der Waals surface area contributed by atoms with Crippen LogP contribution in [0.5, 0.6) is 0 Å². The number of aliphatic imine (C=N–C) groups is 1. The van der Waals surface area contributed by atoms with Crippen molar-refractivity contribution in [1.82, 2.24) is 21.3 Å². The van der Waals surface area contributed by atoms with Crippen molar-refractivity contribution < 1.29 is 38.8 Å². The van der Waals surface area contributed by atoms with Crippen molar-refractivity contribution in [3.05, 3.63) is 70.3 Å². The highest BCUT2D eigenvalue weighted by Gasteiger charge is 2.30. The highest BCUT2D eigenvalue weighted by atomic mass is 16.6. The Kier molecular flexibility index (Phi) is 15.6. The summed E-state index contributed by atoms with van der Waals surface area (Å²) in [5, 5.41) is 32.6. The number of benzene rings is 2. The SMILES string of the molecule is CC(C)C[C@H](NC(=O)c1ccccc1)C(=O)N[C@@H](CC(=O)O)C(=O)NCC(=O)N[C@@H](CCCN=C(N)N)C(=O)Nc1ccc([N+](=O)[O-])cc1. The second-order valence-corrected chi connectivity index (χ2v) is 11.3. The lowest BCUT2D eigenvalue weighted by atomic mass is 10.0. The summed E-state index contributed by atoms with van der Waals surface area (Å²) in [7, 11) is 0. The zero-order valence-corrected chi connectivity index (χ0v) is 27.0. The Morgan fingerprint density at radius 3 is 2.08 bits per heavy atom. The van der Waals surface area contributed by atoms with Gasteiger partial charge in [0.1, 0.15) is 18.1 Å². The zero-order chi connectivity index (χ0) is 36.5. The third-order valence-electron chi connectivity index (χ3n) is 6.74. The van der Waals surface area contributed by atoms with E-state index in [1.807, 2.05) is 13.8 Å². The van der Waals surface area contributed by atoms with Crippen LogP contribution in [0, 0.1) is 16.0 Å². The minimum Gasteiger partial charge on any atom is -0.481 e. The van der Waals surface area contributed by atoms with E-state index < -0.39 is 71.5 Å². The van der Waals surface area contributed by atoms with Gasteiger partial charge in [-0.2, -0.15) is 0 Å². The number of hydrogen-bond donors (Lipinski definition) is 8. The van der Waals surface area contributed by atoms with Crippen molar-refractivity contribution in [3.8, 4) is 0 Å². The van der Waals surface area contributed by atoms with Crippen LogP contribution in [-0.2, 0) is 24.0 Å². The largest absolute Gasteiger partial charge is 0.481 e. The van der Waals surface area contributed by atoms with E-state index in [9.17, 15) is 44.0 Å². The number of nitrogens with two attached hydrogens (primary N) is 2. The van der Waals surface area contributed by atoms with Crippen LogP contribution in [0.3, 0.4) is 0 Å². The van der Waals surface area contributed by atoms with E-state index >= 15 is 0 Å². The number of non-ortho nitro benzene ring substituents is 1. The summed E-state index contributed by atoms with van der Waals surface area (Å²) in [6.07, 6.45) is -0.334. The lowest BCUT2D eigenvalue weighted by molar-refractivity contribution is -0.384. The summed E-state index contributed by atoms with van der Waals surface area (Å²) in [6, 6.07) is 9.25. The second kappa shape index (κ2) is 19.6. The van der Waals surface area contributed by atoms with Gasteiger partial charge in [0.25, 0.3) is 11.6 Å². The molecular weight excluding hydrogens is 642 g/mol. The minimum absolute atomic E-state index is 0.0545. The predicted molar refractivity (Wildman–Crippen MR) is 178 cm³/mol. The summed E-state index contributed by atoms with van der Waals surface area (Å²) in [4.78, 5) is 90.5. The van der Waals surface area contributed by atoms with E-state index in [0.29, 0.717) is 5.56 Å². The van der Waals surface area contributed by atoms with Gasteiger partial charge in [-0.05, 0) is 49.4 Å². The fourth-order valence-corrected chi connectivity index (χ4v) is 4.39. The molecule has 0 aliphatic rings. The van der Waals surface area contributed by atoms with Gasteiger partial charge < -0.3 is 43.2 Å². The Morgan fingerprint density at radius 1 is 0.857 bits per heavy atom. The number of nitrogens with one attached hydrogen (secondary N) is 5. The van der Waals surface area contributed by atoms with Crippen molar-refractivity contribution in [2.75, 3.05) is 18.4 Å². The number of carboxylic acid groups (broad SMARTS) is 1. The quantitative estimate of drug-likeness (QED) is 0.0320. The molecule has 0 heterocycles. The fraction of sp³-hybridized carbons (Fsp3) is 0.387. The first kappa shape index (κ1) is 39.1. The molecule has 0 spiro atoms. The molecule has 18 heteroatoms. The topological polar surface area (TPSA) is 290 Å². The molecule has 0 aromatic heterocycles. The molecule has 0 radical (unpaired) electrons. The van der Waals surface area contributed by atoms with E-state index in [1.165, 1.54) is 24.3 Å². The molecule has 0 saturated heterocycles. The van der Waals surface area contributed by atoms with Crippen molar-refractivity contribution in [2.45, 2.75) is 57.7 Å². The normalized spacial score (nSPS) is 12.4. The van der Waals surface area contributed by atoms with Crippen LogP contribution in [0.4, 0.5) is 11.4 Å². The number of guanidine groups is 1. The Bertz CT molecular complexity index is 1510. The monoisotopic (exact) mass is 683 g/mol. The molecule has 5 amide bonds. The first-order chi connectivity index (χ1) is 23.2. The van der Waals surface area contributed by atoms with Gasteiger partial charge in [0, 0.05) is 29.9 Å². The van der Waals surface area contributed by atoms with E-state index in [1.54, 1.807) is 30.3 Å². The Hall–Kier alpha value is -6.07. The lowest BCUT2D eigenvalue weighted by Crippen LogP contribution is -2.55. The molecule has 49 heavy (non-hydrogen) atoms. The van der Waals surface area contributed by atoms with Crippen LogP contribution in [-0.4, -0.2) is 82.7 Å². The standard InChI is InChI=1S/C31H41N9O9/c1-18(2)15-23(38-27(44)19-7-4-3-5-8-19)30(47)39-24(16-26(42)43)28(45)35-17-25(41)37-22(9-6-14-34-31(32)33)29(46)36-20-10-12-21(13-11-20)40(48)49/h3-5,7-8,10-13,18,22-24H,6,9,14-17H2,1-2H3,(H,35,45)(H,36,46)(H,37,41)(H,38,44)(H,39,47)(H,42,43)(H4,32,33,34)/t22-,23-,24-/m0/s1. The van der Waals surface area contributed by atoms with Crippen molar-refractivity contribution in [3.63, 3.8) is 0 Å². The van der Waals surface area contributed by atoms with Crippen LogP contribution in [0.1, 0.15) is 49.9 Å². The van der Waals surface area contributed by atoms with Gasteiger partial charge in [0.2, 0.25) is 23.6 Å². The van der Waals surface area contributed by atoms with E-state index in [-0.39, 0.29) is 49.1 Å². The van der Waals surface area contributed by atoms with Gasteiger partial charge in [-0.1, -0.05) is 32.0 Å². The molecule has 0 fully saturated rings. The number of aliphatic carboxylic acids is 1. The van der Waals surface area contributed by atoms with Crippen LogP contribution in [0.15, 0.2) is 59.6 Å². The van der Waals surface area contributed by atoms with Crippen LogP contribution >= 0.6 is 0 Å². The average molecular weight is 684 g/mol. The number of nitrogens with zero attached hydrogens (tertiary/aromatic N) is 2. The van der Waals surface area contributed by atoms with Gasteiger partial charge >= 0.3 is 5.97 Å². The molecule has 0 aliphatic heterocycles. The van der Waals surface area contributed by atoms with Crippen molar-refractivity contribution in [2.24, 2.45) is 22.4 Å². The number of amides is 5. The molecule has 3 atom stereocenters. The molecule has 0 unspecified atom stereocenters. The lowest BCUT2D eigenvalue weighted by Gasteiger charge is -2.24. The third kappa shape index (κ3) is 14.5. The van der Waals surface area contributed by atoms with E-state index in [0.717, 1.165) is 0 Å². The van der Waals surface area contributed by atoms with Gasteiger partial charge in [-0.3, -0.25) is 43.9 Å². The average Bonchev–Trinajstić information content (AvgIpc) is 3.04. The minimum atomic E-state index is -1.61. The van der Waals surface area contributed by atoms with Gasteiger partial charge in [0.15, 0.2) is 5.96 Å². The summed E-state index contributed by atoms with van der Waals surface area (Å²) >= 11 is 0. The Balaban J connectivity index is 2.09. The number of anilines is 1. The van der Waals surface area contributed by atoms with Crippen LogP contribution in [0.25, 0.3) is 0 Å². The Morgan fingerprint density at radius 2 is 1.51 bits per heavy atom. The van der Waals surface area contributed by atoms with Crippen LogP contribution in [0.2, 0.25) is 0 Å². The molecule has 2 aromatic carbocycles. The van der Waals surface area contributed by atoms with Crippen molar-refractivity contribution >= 4 is 52.8 Å². The zero-order valence-electron chi connectivity index (χ0n) is 27.0. The number of carbonyl (C=O) groups is 6. The van der Waals surface area contributed by atoms with E-state index in [2.05, 4.69) is 31.6 Å². The molecule has 10 N–H and O–H groups in total. The smallest absolute Gasteiger partial charge is 0.305 e. The molecule has 0 aliphatic carbocycles. The fourth-order valence-electron chi connectivity index (χ4n) is 4.39. The van der Waals surface area contributed by atoms with E-state index in [4.69, 9.17) is 11.5 Å². The van der Waals surface area contributed by atoms with Gasteiger partial charge in [-0.25, -0.2) is 0 Å². The molecule has 264 valence electrons. The maximum Gasteiger partial charge on any atom is 0.305 e. The number of carboxylic acids is 1. The Labute approximate surface area is 281 Å². The number of nitro benzene ring substituents is 1. The molecule has 0 bridgehead atoms. The highest BCUT2D eigenvalue weighted by molar-refractivity contribution is 6.00. The number of rotatable bonds is 19. The maximum absolute atomic E-state index is 13.2. The molecule has 0 saturated carbocycles. The summed E-state index contributed by atoms with van der Waals surface area (Å²) < 4.78 is 0. The van der Waals surface area contributed by atoms with Crippen molar-refractivity contribution in [1.29, 1.82) is 0 Å². The summed E-state index contributed by atoms with van der Waals surface area (Å²) in [5.74, 6) is -5.49. The third-order valence-corrected chi connectivity index (χ3v) is 6.74.